The second-order valence-corrected chi connectivity index (χ2v) is 6.90. The molecule has 0 atom stereocenters. The first-order valence-corrected chi connectivity index (χ1v) is 8.32. The average Bonchev–Trinajstić information content (AvgIpc) is 2.44. The van der Waals surface area contributed by atoms with E-state index in [4.69, 9.17) is 0 Å². The van der Waals surface area contributed by atoms with Gasteiger partial charge < -0.3 is 4.55 Å². The van der Waals surface area contributed by atoms with Gasteiger partial charge >= 0.3 is 29.6 Å². The Bertz CT molecular complexity index is 1010. The Morgan fingerprint density at radius 2 is 1.65 bits per heavy atom. The van der Waals surface area contributed by atoms with E-state index < -0.39 is 10.1 Å². The first kappa shape index (κ1) is 18.2. The summed E-state index contributed by atoms with van der Waals surface area (Å²) in [5.74, 6) is 0. The first-order chi connectivity index (χ1) is 10.4. The third-order valence-corrected chi connectivity index (χ3v) is 4.62. The Morgan fingerprint density at radius 3 is 2.22 bits per heavy atom. The van der Waals surface area contributed by atoms with Gasteiger partial charge in [-0.25, -0.2) is 8.42 Å². The molecule has 0 aromatic heterocycles. The maximum Gasteiger partial charge on any atom is 1.00 e. The van der Waals surface area contributed by atoms with Gasteiger partial charge in [-0.2, -0.15) is 0 Å². The van der Waals surface area contributed by atoms with Crippen molar-refractivity contribution < 1.29 is 42.5 Å². The van der Waals surface area contributed by atoms with E-state index in [-0.39, 0.29) is 34.5 Å². The van der Waals surface area contributed by atoms with Crippen LogP contribution in [0.15, 0.2) is 65.6 Å². The topological polar surface area (TPSA) is 57.2 Å². The summed E-state index contributed by atoms with van der Waals surface area (Å²) < 4.78 is 34.7. The van der Waals surface area contributed by atoms with E-state index in [1.165, 1.54) is 6.07 Å². The summed E-state index contributed by atoms with van der Waals surface area (Å²) in [6.07, 6.45) is 0.368. The molecule has 0 saturated carbocycles. The van der Waals surface area contributed by atoms with Gasteiger partial charge in [0, 0.05) is 0 Å². The van der Waals surface area contributed by atoms with Crippen molar-refractivity contribution in [3.05, 3.63) is 66.2 Å². The molecule has 5 heteroatoms. The van der Waals surface area contributed by atoms with Gasteiger partial charge in [0.2, 0.25) is 0 Å². The number of rotatable bonds is 3. The Morgan fingerprint density at radius 1 is 1.04 bits per heavy atom. The van der Waals surface area contributed by atoms with E-state index in [0.29, 0.717) is 12.0 Å². The zero-order valence-electron chi connectivity index (χ0n) is 13.2. The van der Waals surface area contributed by atoms with Gasteiger partial charge in [-0.05, 0) is 58.7 Å². The smallest absolute Gasteiger partial charge is 0.744 e. The van der Waals surface area contributed by atoms with Crippen LogP contribution in [-0.2, 0) is 16.5 Å². The van der Waals surface area contributed by atoms with E-state index in [2.05, 4.69) is 6.58 Å². The van der Waals surface area contributed by atoms with Crippen LogP contribution in [0.2, 0.25) is 0 Å². The second-order valence-electron chi connectivity index (χ2n) is 5.55. The average molecular weight is 334 g/mol. The normalized spacial score (nSPS) is 11.4. The molecular formula is C18H15NaO3S. The fraction of sp³-hybridized carbons (Fsp3) is 0.111. The Kier molecular flexibility index (Phi) is 5.33. The maximum absolute atomic E-state index is 11.6. The number of allylic oxidation sites excluding steroid dienone is 1. The van der Waals surface area contributed by atoms with Crippen LogP contribution < -0.4 is 29.6 Å². The van der Waals surface area contributed by atoms with Gasteiger partial charge in [0.05, 0.1) is 4.90 Å². The minimum absolute atomic E-state index is 0. The summed E-state index contributed by atoms with van der Waals surface area (Å²) in [5, 5.41) is 3.80. The van der Waals surface area contributed by atoms with Gasteiger partial charge in [-0.1, -0.05) is 42.5 Å². The Labute approximate surface area is 158 Å². The molecule has 0 bridgehead atoms. The molecule has 0 saturated heterocycles. The summed E-state index contributed by atoms with van der Waals surface area (Å²) in [7, 11) is -4.51. The summed E-state index contributed by atoms with van der Waals surface area (Å²) >= 11 is 0. The molecule has 23 heavy (non-hydrogen) atoms. The summed E-state index contributed by atoms with van der Waals surface area (Å²) in [6, 6.07) is 14.9. The molecule has 3 nitrogen and oxygen atoms in total. The summed E-state index contributed by atoms with van der Waals surface area (Å²) in [4.78, 5) is -0.154. The molecule has 0 aliphatic rings. The molecule has 0 amide bonds. The Balaban J connectivity index is 0.00000192. The molecule has 0 N–H and O–H groups in total. The number of benzene rings is 3. The molecule has 0 heterocycles. The van der Waals surface area contributed by atoms with E-state index in [1.54, 1.807) is 6.07 Å². The third kappa shape index (κ3) is 3.67. The molecule has 3 aromatic carbocycles. The number of hydrogen-bond donors (Lipinski definition) is 0. The molecule has 0 fully saturated rings. The van der Waals surface area contributed by atoms with Crippen molar-refractivity contribution in [1.82, 2.24) is 0 Å². The van der Waals surface area contributed by atoms with E-state index in [9.17, 15) is 13.0 Å². The minimum Gasteiger partial charge on any atom is -0.744 e. The van der Waals surface area contributed by atoms with Crippen molar-refractivity contribution >= 4 is 31.7 Å². The summed E-state index contributed by atoms with van der Waals surface area (Å²) in [5.41, 5.74) is 1.34. The van der Waals surface area contributed by atoms with Crippen molar-refractivity contribution in [3.8, 4) is 0 Å². The minimum atomic E-state index is -4.51. The standard InChI is InChI=1S/C18H16O3S.Na/c1-12(2)9-17-16-11-14-6-4-3-5-13(14)10-15(16)7-8-18(17)22(19,20)21;/h3-8,10-11H,1,9H2,2H3,(H,19,20,21);/q;+1/p-1. The van der Waals surface area contributed by atoms with Crippen LogP contribution in [-0.4, -0.2) is 13.0 Å². The number of hydrogen-bond acceptors (Lipinski definition) is 3. The predicted molar refractivity (Wildman–Crippen MR) is 87.9 cm³/mol. The van der Waals surface area contributed by atoms with E-state index >= 15 is 0 Å². The Hall–Kier alpha value is -1.17. The molecule has 0 aliphatic heterocycles. The molecule has 112 valence electrons. The van der Waals surface area contributed by atoms with Gasteiger partial charge in [-0.15, -0.1) is 0 Å². The van der Waals surface area contributed by atoms with Crippen molar-refractivity contribution in [3.63, 3.8) is 0 Å². The van der Waals surface area contributed by atoms with Crippen LogP contribution in [0.1, 0.15) is 12.5 Å². The van der Waals surface area contributed by atoms with Gasteiger partial charge in [-0.3, -0.25) is 0 Å². The zero-order valence-corrected chi connectivity index (χ0v) is 16.0. The second kappa shape index (κ2) is 6.75. The molecule has 0 spiro atoms. The van der Waals surface area contributed by atoms with E-state index in [1.807, 2.05) is 43.3 Å². The zero-order chi connectivity index (χ0) is 15.9. The van der Waals surface area contributed by atoms with Crippen LogP contribution >= 0.6 is 0 Å². The first-order valence-electron chi connectivity index (χ1n) is 6.91. The monoisotopic (exact) mass is 334 g/mol. The molecule has 3 rings (SSSR count). The van der Waals surface area contributed by atoms with Gasteiger partial charge in [0.25, 0.3) is 0 Å². The van der Waals surface area contributed by atoms with Crippen molar-refractivity contribution in [2.24, 2.45) is 0 Å². The molecule has 3 aromatic rings. The van der Waals surface area contributed by atoms with E-state index in [0.717, 1.165) is 27.1 Å². The van der Waals surface area contributed by atoms with Crippen LogP contribution in [0.4, 0.5) is 0 Å². The molecule has 0 unspecified atom stereocenters. The number of fused-ring (bicyclic) bond motifs is 2. The van der Waals surface area contributed by atoms with Gasteiger partial charge in [0.15, 0.2) is 0 Å². The van der Waals surface area contributed by atoms with Crippen LogP contribution in [0, 0.1) is 0 Å². The van der Waals surface area contributed by atoms with Crippen molar-refractivity contribution in [2.45, 2.75) is 18.2 Å². The van der Waals surface area contributed by atoms with Crippen LogP contribution in [0.25, 0.3) is 21.5 Å². The molecule has 0 radical (unpaired) electrons. The van der Waals surface area contributed by atoms with Crippen molar-refractivity contribution in [2.75, 3.05) is 0 Å². The molecule has 0 aliphatic carbocycles. The van der Waals surface area contributed by atoms with Crippen LogP contribution in [0.5, 0.6) is 0 Å². The van der Waals surface area contributed by atoms with Crippen molar-refractivity contribution in [1.29, 1.82) is 0 Å². The fourth-order valence-electron chi connectivity index (χ4n) is 2.77. The maximum atomic E-state index is 11.6. The SMILES string of the molecule is C=C(C)Cc1c(S(=O)(=O)[O-])ccc2cc3ccccc3cc12.[Na+]. The van der Waals surface area contributed by atoms with Crippen LogP contribution in [0.3, 0.4) is 0 Å². The third-order valence-electron chi connectivity index (χ3n) is 3.70. The largest absolute Gasteiger partial charge is 1.00 e. The summed E-state index contributed by atoms with van der Waals surface area (Å²) in [6.45, 7) is 5.67. The van der Waals surface area contributed by atoms with Gasteiger partial charge in [0.1, 0.15) is 10.1 Å². The quantitative estimate of drug-likeness (QED) is 0.311. The molecular weight excluding hydrogens is 319 g/mol. The fourth-order valence-corrected chi connectivity index (χ4v) is 3.49. The predicted octanol–water partition coefficient (Wildman–Crippen LogP) is 1.02.